The zero-order valence-electron chi connectivity index (χ0n) is 8.02. The molecule has 70 valence electrons. The van der Waals surface area contributed by atoms with E-state index in [-0.39, 0.29) is 5.97 Å². The third-order valence-corrected chi connectivity index (χ3v) is 1.64. The van der Waals surface area contributed by atoms with E-state index in [4.69, 9.17) is 10.5 Å². The summed E-state index contributed by atoms with van der Waals surface area (Å²) in [4.78, 5) is 11.1. The van der Waals surface area contributed by atoms with Crippen molar-refractivity contribution >= 4 is 5.97 Å². The Morgan fingerprint density at radius 3 is 2.33 bits per heavy atom. The number of rotatable bonds is 4. The molecule has 0 radical (unpaired) electrons. The maximum atomic E-state index is 11.1. The molecule has 3 heteroatoms. The smallest absolute Gasteiger partial charge is 0.333 e. The SMILES string of the molecule is CC(C)=C(C)C(=O)OCCCN. The van der Waals surface area contributed by atoms with E-state index in [2.05, 4.69) is 0 Å². The second-order valence-corrected chi connectivity index (χ2v) is 2.90. The van der Waals surface area contributed by atoms with Crippen LogP contribution in [0, 0.1) is 0 Å². The zero-order valence-corrected chi connectivity index (χ0v) is 8.02. The minimum atomic E-state index is -0.233. The first kappa shape index (κ1) is 11.2. The number of carbonyl (C=O) groups excluding carboxylic acids is 1. The Morgan fingerprint density at radius 1 is 1.33 bits per heavy atom. The highest BCUT2D eigenvalue weighted by Gasteiger charge is 2.05. The molecule has 0 heterocycles. The molecule has 0 fully saturated rings. The average Bonchev–Trinajstić information content (AvgIpc) is 2.03. The molecule has 0 aromatic rings. The number of esters is 1. The minimum Gasteiger partial charge on any atom is -0.462 e. The van der Waals surface area contributed by atoms with Gasteiger partial charge >= 0.3 is 5.97 Å². The molecule has 2 N–H and O–H groups in total. The molecule has 12 heavy (non-hydrogen) atoms. The maximum Gasteiger partial charge on any atom is 0.333 e. The van der Waals surface area contributed by atoms with Gasteiger partial charge in [-0.1, -0.05) is 5.57 Å². The molecular weight excluding hydrogens is 154 g/mol. The summed E-state index contributed by atoms with van der Waals surface area (Å²) in [5, 5.41) is 0. The van der Waals surface area contributed by atoms with E-state index in [1.54, 1.807) is 6.92 Å². The van der Waals surface area contributed by atoms with Crippen molar-refractivity contribution in [3.63, 3.8) is 0 Å². The van der Waals surface area contributed by atoms with E-state index in [0.29, 0.717) is 18.7 Å². The molecule has 0 aromatic heterocycles. The summed E-state index contributed by atoms with van der Waals surface area (Å²) in [6.45, 7) is 6.51. The number of hydrogen-bond donors (Lipinski definition) is 1. The lowest BCUT2D eigenvalue weighted by Crippen LogP contribution is -2.11. The Morgan fingerprint density at radius 2 is 1.92 bits per heavy atom. The Bertz CT molecular complexity index is 181. The monoisotopic (exact) mass is 171 g/mol. The molecule has 0 saturated heterocycles. The Labute approximate surface area is 73.6 Å². The van der Waals surface area contributed by atoms with Gasteiger partial charge < -0.3 is 10.5 Å². The lowest BCUT2D eigenvalue weighted by Gasteiger charge is -2.04. The highest BCUT2D eigenvalue weighted by atomic mass is 16.5. The Balaban J connectivity index is 3.81. The molecule has 0 spiro atoms. The van der Waals surface area contributed by atoms with E-state index in [1.807, 2.05) is 13.8 Å². The number of carbonyl (C=O) groups is 1. The van der Waals surface area contributed by atoms with Crippen LogP contribution in [-0.4, -0.2) is 19.1 Å². The van der Waals surface area contributed by atoms with Crippen molar-refractivity contribution < 1.29 is 9.53 Å². The van der Waals surface area contributed by atoms with Gasteiger partial charge in [-0.05, 0) is 33.7 Å². The summed E-state index contributed by atoms with van der Waals surface area (Å²) >= 11 is 0. The van der Waals surface area contributed by atoms with Gasteiger partial charge in [-0.3, -0.25) is 0 Å². The van der Waals surface area contributed by atoms with Crippen molar-refractivity contribution in [1.29, 1.82) is 0 Å². The molecule has 3 nitrogen and oxygen atoms in total. The summed E-state index contributed by atoms with van der Waals surface area (Å²) in [5.41, 5.74) is 6.93. The van der Waals surface area contributed by atoms with Crippen molar-refractivity contribution in [3.8, 4) is 0 Å². The third-order valence-electron chi connectivity index (χ3n) is 1.64. The molecule has 0 aromatic carbocycles. The Kier molecular flexibility index (Phi) is 5.37. The quantitative estimate of drug-likeness (QED) is 0.393. The van der Waals surface area contributed by atoms with Crippen LogP contribution >= 0.6 is 0 Å². The van der Waals surface area contributed by atoms with Crippen LogP contribution in [0.1, 0.15) is 27.2 Å². The third kappa shape index (κ3) is 4.13. The van der Waals surface area contributed by atoms with Crippen LogP contribution in [0.3, 0.4) is 0 Å². The lowest BCUT2D eigenvalue weighted by molar-refractivity contribution is -0.139. The van der Waals surface area contributed by atoms with E-state index in [0.717, 1.165) is 12.0 Å². The van der Waals surface area contributed by atoms with E-state index >= 15 is 0 Å². The second-order valence-electron chi connectivity index (χ2n) is 2.90. The van der Waals surface area contributed by atoms with Gasteiger partial charge in [-0.15, -0.1) is 0 Å². The molecular formula is C9H17NO2. The average molecular weight is 171 g/mol. The number of ether oxygens (including phenoxy) is 1. The first-order chi connectivity index (χ1) is 5.59. The van der Waals surface area contributed by atoms with Crippen molar-refractivity contribution in [2.45, 2.75) is 27.2 Å². The molecule has 0 aliphatic heterocycles. The van der Waals surface area contributed by atoms with Crippen molar-refractivity contribution in [2.24, 2.45) is 5.73 Å². The number of nitrogens with two attached hydrogens (primary N) is 1. The van der Waals surface area contributed by atoms with Gasteiger partial charge in [0.25, 0.3) is 0 Å². The molecule has 0 aliphatic rings. The maximum absolute atomic E-state index is 11.1. The standard InChI is InChI=1S/C9H17NO2/c1-7(2)8(3)9(11)12-6-4-5-10/h4-6,10H2,1-3H3. The number of allylic oxidation sites excluding steroid dienone is 1. The van der Waals surface area contributed by atoms with Crippen molar-refractivity contribution in [2.75, 3.05) is 13.2 Å². The van der Waals surface area contributed by atoms with Crippen LogP contribution in [0.25, 0.3) is 0 Å². The summed E-state index contributed by atoms with van der Waals surface area (Å²) < 4.78 is 4.93. The van der Waals surface area contributed by atoms with Gasteiger partial charge in [0.15, 0.2) is 0 Å². The van der Waals surface area contributed by atoms with Gasteiger partial charge in [0.2, 0.25) is 0 Å². The Hall–Kier alpha value is -0.830. The van der Waals surface area contributed by atoms with E-state index in [1.165, 1.54) is 0 Å². The molecule has 0 unspecified atom stereocenters. The van der Waals surface area contributed by atoms with Crippen LogP contribution in [0.4, 0.5) is 0 Å². The second kappa shape index (κ2) is 5.77. The molecule has 0 bridgehead atoms. The normalized spacial score (nSPS) is 9.33. The zero-order chi connectivity index (χ0) is 9.56. The fraction of sp³-hybridized carbons (Fsp3) is 0.667. The molecule has 0 amide bonds. The minimum absolute atomic E-state index is 0.233. The highest BCUT2D eigenvalue weighted by molar-refractivity contribution is 5.88. The molecule has 0 saturated carbocycles. The van der Waals surface area contributed by atoms with Crippen LogP contribution in [-0.2, 0) is 9.53 Å². The highest BCUT2D eigenvalue weighted by Crippen LogP contribution is 2.03. The first-order valence-corrected chi connectivity index (χ1v) is 4.11. The fourth-order valence-corrected chi connectivity index (χ4v) is 0.561. The van der Waals surface area contributed by atoms with Crippen LogP contribution in [0.5, 0.6) is 0 Å². The fourth-order valence-electron chi connectivity index (χ4n) is 0.561. The van der Waals surface area contributed by atoms with Crippen LogP contribution in [0.15, 0.2) is 11.1 Å². The molecule has 0 atom stereocenters. The van der Waals surface area contributed by atoms with Gasteiger partial charge in [0.05, 0.1) is 6.61 Å². The summed E-state index contributed by atoms with van der Waals surface area (Å²) in [7, 11) is 0. The van der Waals surface area contributed by atoms with Crippen molar-refractivity contribution in [1.82, 2.24) is 0 Å². The molecule has 0 rings (SSSR count). The summed E-state index contributed by atoms with van der Waals surface area (Å²) in [6, 6.07) is 0. The van der Waals surface area contributed by atoms with E-state index in [9.17, 15) is 4.79 Å². The van der Waals surface area contributed by atoms with Crippen LogP contribution < -0.4 is 5.73 Å². The largest absolute Gasteiger partial charge is 0.462 e. The topological polar surface area (TPSA) is 52.3 Å². The summed E-state index contributed by atoms with van der Waals surface area (Å²) in [5.74, 6) is -0.233. The van der Waals surface area contributed by atoms with E-state index < -0.39 is 0 Å². The van der Waals surface area contributed by atoms with Crippen molar-refractivity contribution in [3.05, 3.63) is 11.1 Å². The van der Waals surface area contributed by atoms with Gasteiger partial charge in [-0.2, -0.15) is 0 Å². The molecule has 0 aliphatic carbocycles. The predicted molar refractivity (Wildman–Crippen MR) is 48.7 cm³/mol. The van der Waals surface area contributed by atoms with Gasteiger partial charge in [0, 0.05) is 5.57 Å². The van der Waals surface area contributed by atoms with Gasteiger partial charge in [-0.25, -0.2) is 4.79 Å². The van der Waals surface area contributed by atoms with Gasteiger partial charge in [0.1, 0.15) is 0 Å². The first-order valence-electron chi connectivity index (χ1n) is 4.11. The predicted octanol–water partition coefficient (Wildman–Crippen LogP) is 1.23. The number of hydrogen-bond acceptors (Lipinski definition) is 3. The lowest BCUT2D eigenvalue weighted by atomic mass is 10.2. The van der Waals surface area contributed by atoms with Crippen LogP contribution in [0.2, 0.25) is 0 Å². The summed E-state index contributed by atoms with van der Waals surface area (Å²) in [6.07, 6.45) is 0.724.